The molecule has 11 heteroatoms. The quantitative estimate of drug-likeness (QED) is 0.460. The van der Waals surface area contributed by atoms with E-state index in [4.69, 9.17) is 23.2 Å². The van der Waals surface area contributed by atoms with Gasteiger partial charge < -0.3 is 20.4 Å². The van der Waals surface area contributed by atoms with Gasteiger partial charge in [-0.2, -0.15) is 0 Å². The van der Waals surface area contributed by atoms with E-state index in [0.717, 1.165) is 17.1 Å². The van der Waals surface area contributed by atoms with Crippen molar-refractivity contribution in [1.29, 1.82) is 0 Å². The number of nitrogens with one attached hydrogen (secondary N) is 2. The van der Waals surface area contributed by atoms with E-state index in [1.807, 2.05) is 48.2 Å². The molecule has 4 rings (SSSR count). The Kier molecular flexibility index (Phi) is 8.12. The summed E-state index contributed by atoms with van der Waals surface area (Å²) in [6, 6.07) is 12.9. The molecule has 1 aliphatic heterocycles. The van der Waals surface area contributed by atoms with E-state index in [1.165, 1.54) is 11.3 Å². The van der Waals surface area contributed by atoms with Gasteiger partial charge in [0, 0.05) is 62.7 Å². The molecule has 0 spiro atoms. The van der Waals surface area contributed by atoms with Crippen molar-refractivity contribution >= 4 is 68.5 Å². The van der Waals surface area contributed by atoms with Crippen LogP contribution in [0.1, 0.15) is 10.5 Å². The Bertz CT molecular complexity index is 1190. The van der Waals surface area contributed by atoms with Gasteiger partial charge in [0.2, 0.25) is 5.91 Å². The van der Waals surface area contributed by atoms with Crippen LogP contribution in [0.25, 0.3) is 0 Å². The molecule has 2 amide bonds. The van der Waals surface area contributed by atoms with Gasteiger partial charge in [-0.05, 0) is 42.5 Å². The molecule has 0 aliphatic carbocycles. The molecule has 1 fully saturated rings. The number of carbonyl (C=O) groups excluding carboxylic acids is 2. The zero-order valence-electron chi connectivity index (χ0n) is 19.4. The van der Waals surface area contributed by atoms with Crippen LogP contribution in [0.5, 0.6) is 0 Å². The largest absolute Gasteiger partial charge is 0.378 e. The Morgan fingerprint density at radius 3 is 2.34 bits per heavy atom. The predicted octanol–water partition coefficient (Wildman–Crippen LogP) is 4.66. The topological polar surface area (TPSA) is 80.8 Å². The Morgan fingerprint density at radius 1 is 1.00 bits per heavy atom. The van der Waals surface area contributed by atoms with Gasteiger partial charge in [0.05, 0.1) is 16.6 Å². The third-order valence-corrected chi connectivity index (χ3v) is 7.09. The summed E-state index contributed by atoms with van der Waals surface area (Å²) in [4.78, 5) is 35.6. The third-order valence-electron chi connectivity index (χ3n) is 5.59. The van der Waals surface area contributed by atoms with Crippen molar-refractivity contribution < 1.29 is 9.59 Å². The highest BCUT2D eigenvalue weighted by Gasteiger charge is 2.25. The second-order valence-corrected chi connectivity index (χ2v) is 10.0. The standard InChI is InChI=1S/C24H26Cl2N6O2S/c1-30(2)18-6-3-16(4-7-18)27-22(33)14-31-9-11-32(12-10-31)23(34)21-15-35-24(29-21)28-17-5-8-19(25)20(26)13-17/h3-8,13,15H,9-12,14H2,1-2H3,(H,27,33)(H,28,29). The van der Waals surface area contributed by atoms with E-state index in [0.29, 0.717) is 47.0 Å². The summed E-state index contributed by atoms with van der Waals surface area (Å²) in [5.74, 6) is -0.187. The fourth-order valence-electron chi connectivity index (χ4n) is 3.64. The third kappa shape index (κ3) is 6.64. The molecule has 0 saturated carbocycles. The van der Waals surface area contributed by atoms with Gasteiger partial charge >= 0.3 is 0 Å². The van der Waals surface area contributed by atoms with Gasteiger partial charge in [-0.25, -0.2) is 4.98 Å². The zero-order chi connectivity index (χ0) is 24.9. The van der Waals surface area contributed by atoms with Crippen LogP contribution in [0.3, 0.4) is 0 Å². The first-order chi connectivity index (χ1) is 16.8. The van der Waals surface area contributed by atoms with Crippen LogP contribution < -0.4 is 15.5 Å². The highest BCUT2D eigenvalue weighted by Crippen LogP contribution is 2.28. The van der Waals surface area contributed by atoms with Crippen molar-refractivity contribution in [1.82, 2.24) is 14.8 Å². The van der Waals surface area contributed by atoms with E-state index < -0.39 is 0 Å². The minimum Gasteiger partial charge on any atom is -0.378 e. The maximum Gasteiger partial charge on any atom is 0.273 e. The smallest absolute Gasteiger partial charge is 0.273 e. The van der Waals surface area contributed by atoms with E-state index in [1.54, 1.807) is 28.5 Å². The molecule has 2 aromatic carbocycles. The number of benzene rings is 2. The van der Waals surface area contributed by atoms with E-state index in [2.05, 4.69) is 15.6 Å². The van der Waals surface area contributed by atoms with Crippen molar-refractivity contribution in [3.05, 3.63) is 63.6 Å². The normalized spacial score (nSPS) is 14.0. The highest BCUT2D eigenvalue weighted by atomic mass is 35.5. The number of amides is 2. The van der Waals surface area contributed by atoms with E-state index in [9.17, 15) is 9.59 Å². The average Bonchev–Trinajstić information content (AvgIpc) is 3.30. The number of aromatic nitrogens is 1. The van der Waals surface area contributed by atoms with Crippen LogP contribution in [0.4, 0.5) is 22.2 Å². The zero-order valence-corrected chi connectivity index (χ0v) is 21.8. The molecule has 1 saturated heterocycles. The number of hydrogen-bond donors (Lipinski definition) is 2. The number of thiazole rings is 1. The molecule has 184 valence electrons. The summed E-state index contributed by atoms with van der Waals surface area (Å²) >= 11 is 13.4. The Labute approximate surface area is 218 Å². The lowest BCUT2D eigenvalue weighted by Crippen LogP contribution is -2.50. The van der Waals surface area contributed by atoms with Gasteiger partial charge in [0.25, 0.3) is 5.91 Å². The van der Waals surface area contributed by atoms with Crippen molar-refractivity contribution in [2.75, 3.05) is 62.4 Å². The molecule has 0 radical (unpaired) electrons. The summed E-state index contributed by atoms with van der Waals surface area (Å²) in [6.45, 7) is 2.60. The lowest BCUT2D eigenvalue weighted by molar-refractivity contribution is -0.117. The van der Waals surface area contributed by atoms with Crippen LogP contribution in [-0.2, 0) is 4.79 Å². The number of halogens is 2. The molecule has 1 aromatic heterocycles. The maximum atomic E-state index is 12.9. The second kappa shape index (κ2) is 11.3. The van der Waals surface area contributed by atoms with Gasteiger partial charge in [-0.1, -0.05) is 23.2 Å². The lowest BCUT2D eigenvalue weighted by atomic mass is 10.2. The van der Waals surface area contributed by atoms with E-state index >= 15 is 0 Å². The molecular formula is C24H26Cl2N6O2S. The Hall–Kier alpha value is -2.85. The Morgan fingerprint density at radius 2 is 1.69 bits per heavy atom. The van der Waals surface area contributed by atoms with Crippen LogP contribution in [-0.4, -0.2) is 73.4 Å². The summed E-state index contributed by atoms with van der Waals surface area (Å²) in [5.41, 5.74) is 2.97. The fourth-order valence-corrected chi connectivity index (χ4v) is 4.65. The van der Waals surface area contributed by atoms with Crippen molar-refractivity contribution in [3.63, 3.8) is 0 Å². The molecule has 0 bridgehead atoms. The predicted molar refractivity (Wildman–Crippen MR) is 144 cm³/mol. The number of carbonyl (C=O) groups is 2. The van der Waals surface area contributed by atoms with Gasteiger partial charge in [-0.15, -0.1) is 11.3 Å². The SMILES string of the molecule is CN(C)c1ccc(NC(=O)CN2CCN(C(=O)c3csc(Nc4ccc(Cl)c(Cl)c4)n3)CC2)cc1. The van der Waals surface area contributed by atoms with Crippen LogP contribution in [0.15, 0.2) is 47.8 Å². The van der Waals surface area contributed by atoms with Gasteiger partial charge in [0.15, 0.2) is 5.13 Å². The summed E-state index contributed by atoms with van der Waals surface area (Å²) < 4.78 is 0. The first-order valence-corrected chi connectivity index (χ1v) is 12.7. The first-order valence-electron chi connectivity index (χ1n) is 11.0. The van der Waals surface area contributed by atoms with Crippen LogP contribution in [0, 0.1) is 0 Å². The van der Waals surface area contributed by atoms with Crippen LogP contribution in [0.2, 0.25) is 10.0 Å². The van der Waals surface area contributed by atoms with Crippen molar-refractivity contribution in [3.8, 4) is 0 Å². The molecule has 8 nitrogen and oxygen atoms in total. The number of nitrogens with zero attached hydrogens (tertiary/aromatic N) is 4. The highest BCUT2D eigenvalue weighted by molar-refractivity contribution is 7.14. The number of hydrogen-bond acceptors (Lipinski definition) is 7. The average molecular weight is 533 g/mol. The molecule has 0 atom stereocenters. The summed E-state index contributed by atoms with van der Waals surface area (Å²) in [5, 5.41) is 9.33. The second-order valence-electron chi connectivity index (χ2n) is 8.35. The van der Waals surface area contributed by atoms with E-state index in [-0.39, 0.29) is 18.4 Å². The molecule has 1 aliphatic rings. The summed E-state index contributed by atoms with van der Waals surface area (Å²) in [6.07, 6.45) is 0. The summed E-state index contributed by atoms with van der Waals surface area (Å²) in [7, 11) is 3.94. The van der Waals surface area contributed by atoms with Crippen molar-refractivity contribution in [2.45, 2.75) is 0 Å². The molecular weight excluding hydrogens is 507 g/mol. The molecule has 2 heterocycles. The monoisotopic (exact) mass is 532 g/mol. The Balaban J connectivity index is 1.25. The minimum absolute atomic E-state index is 0.0695. The molecule has 2 N–H and O–H groups in total. The van der Waals surface area contributed by atoms with Crippen LogP contribution >= 0.6 is 34.5 Å². The lowest BCUT2D eigenvalue weighted by Gasteiger charge is -2.33. The number of piperazine rings is 1. The first kappa shape index (κ1) is 25.2. The molecule has 35 heavy (non-hydrogen) atoms. The fraction of sp³-hybridized carbons (Fsp3) is 0.292. The molecule has 3 aromatic rings. The van der Waals surface area contributed by atoms with Gasteiger partial charge in [-0.3, -0.25) is 14.5 Å². The van der Waals surface area contributed by atoms with Gasteiger partial charge in [0.1, 0.15) is 5.69 Å². The number of rotatable bonds is 7. The van der Waals surface area contributed by atoms with Crippen molar-refractivity contribution in [2.24, 2.45) is 0 Å². The molecule has 0 unspecified atom stereocenters. The minimum atomic E-state index is -0.117. The maximum absolute atomic E-state index is 12.9. The number of anilines is 4.